The molecule has 2 unspecified atom stereocenters. The number of nitrogens with zero attached hydrogens (tertiary/aromatic N) is 1. The molecule has 1 aliphatic heterocycles. The first-order valence-electron chi connectivity index (χ1n) is 10.6. The zero-order valence-electron chi connectivity index (χ0n) is 17.9. The highest BCUT2D eigenvalue weighted by molar-refractivity contribution is 9.10. The number of hydrogen-bond acceptors (Lipinski definition) is 3. The van der Waals surface area contributed by atoms with Crippen LogP contribution in [0.2, 0.25) is 5.02 Å². The van der Waals surface area contributed by atoms with Crippen LogP contribution in [0.25, 0.3) is 0 Å². The lowest BCUT2D eigenvalue weighted by Gasteiger charge is -2.29. The smallest absolute Gasteiger partial charge is 0.406 e. The minimum Gasteiger partial charge on any atom is -0.406 e. The Morgan fingerprint density at radius 3 is 2.18 bits per heavy atom. The molecule has 0 radical (unpaired) electrons. The summed E-state index contributed by atoms with van der Waals surface area (Å²) in [5, 5.41) is 3.66. The van der Waals surface area contributed by atoms with E-state index in [9.17, 15) is 18.0 Å². The number of halogens is 5. The molecule has 34 heavy (non-hydrogen) atoms. The average Bonchev–Trinajstić information content (AvgIpc) is 3.24. The molecule has 1 saturated heterocycles. The lowest BCUT2D eigenvalue weighted by Crippen LogP contribution is -2.38. The molecule has 3 aromatic rings. The van der Waals surface area contributed by atoms with Gasteiger partial charge in [-0.1, -0.05) is 51.8 Å². The van der Waals surface area contributed by atoms with Crippen LogP contribution in [0.3, 0.4) is 0 Å². The van der Waals surface area contributed by atoms with E-state index in [-0.39, 0.29) is 29.3 Å². The molecule has 1 fully saturated rings. The number of nitrogens with one attached hydrogen (secondary N) is 1. The molecule has 0 aliphatic carbocycles. The van der Waals surface area contributed by atoms with Crippen molar-refractivity contribution in [3.05, 3.63) is 99.0 Å². The summed E-state index contributed by atoms with van der Waals surface area (Å²) < 4.78 is 41.9. The summed E-state index contributed by atoms with van der Waals surface area (Å²) in [6.45, 7) is 1.40. The van der Waals surface area contributed by atoms with Crippen LogP contribution in [0, 0.1) is 0 Å². The third kappa shape index (κ3) is 6.31. The van der Waals surface area contributed by atoms with Gasteiger partial charge in [0.1, 0.15) is 5.75 Å². The Kier molecular flexibility index (Phi) is 7.50. The van der Waals surface area contributed by atoms with E-state index in [1.807, 2.05) is 36.4 Å². The van der Waals surface area contributed by atoms with E-state index in [4.69, 9.17) is 11.6 Å². The summed E-state index contributed by atoms with van der Waals surface area (Å²) >= 11 is 9.57. The van der Waals surface area contributed by atoms with Crippen LogP contribution in [0.15, 0.2) is 77.3 Å². The van der Waals surface area contributed by atoms with Gasteiger partial charge in [-0.3, -0.25) is 9.69 Å². The molecule has 178 valence electrons. The second-order valence-electron chi connectivity index (χ2n) is 8.03. The van der Waals surface area contributed by atoms with Gasteiger partial charge >= 0.3 is 6.36 Å². The van der Waals surface area contributed by atoms with Crippen molar-refractivity contribution in [3.8, 4) is 5.75 Å². The second kappa shape index (κ2) is 10.4. The number of amides is 1. The van der Waals surface area contributed by atoms with E-state index in [1.165, 1.54) is 12.1 Å². The summed E-state index contributed by atoms with van der Waals surface area (Å²) in [4.78, 5) is 15.0. The Hall–Kier alpha value is -2.55. The van der Waals surface area contributed by atoms with Crippen molar-refractivity contribution < 1.29 is 22.7 Å². The zero-order valence-corrected chi connectivity index (χ0v) is 20.2. The van der Waals surface area contributed by atoms with Gasteiger partial charge in [0.05, 0.1) is 6.04 Å². The molecule has 1 N–H and O–H groups in total. The number of likely N-dealkylation sites (tertiary alicyclic amines) is 1. The molecule has 0 bridgehead atoms. The van der Waals surface area contributed by atoms with Gasteiger partial charge in [-0.05, 0) is 66.1 Å². The normalized spacial score (nSPS) is 17.4. The highest BCUT2D eigenvalue weighted by atomic mass is 79.9. The van der Waals surface area contributed by atoms with Gasteiger partial charge in [0.2, 0.25) is 0 Å². The molecule has 1 heterocycles. The number of hydrogen-bond donors (Lipinski definition) is 1. The van der Waals surface area contributed by atoms with Crippen molar-refractivity contribution in [2.75, 3.05) is 13.1 Å². The Morgan fingerprint density at radius 2 is 1.59 bits per heavy atom. The third-order valence-corrected chi connectivity index (χ3v) is 6.42. The minimum absolute atomic E-state index is 0.00827. The molecule has 4 rings (SSSR count). The van der Waals surface area contributed by atoms with E-state index in [1.54, 1.807) is 0 Å². The molecule has 9 heteroatoms. The fourth-order valence-corrected chi connectivity index (χ4v) is 4.51. The fourth-order valence-electron chi connectivity index (χ4n) is 4.12. The van der Waals surface area contributed by atoms with Gasteiger partial charge in [0.25, 0.3) is 5.91 Å². The Morgan fingerprint density at radius 1 is 1.00 bits per heavy atom. The molecular weight excluding hydrogens is 533 g/mol. The standard InChI is InChI=1S/C25H21BrClF3N2O2/c26-19-7-1-16(2-8-19)23(17-3-9-20(27)10-4-17)32-14-13-21(15-32)31-24(33)18-5-11-22(12-6-18)34-25(28,29)30/h1-12,21,23H,13-15H2,(H,31,33). The molecule has 4 nitrogen and oxygen atoms in total. The van der Waals surface area contributed by atoms with Crippen molar-refractivity contribution in [3.63, 3.8) is 0 Å². The summed E-state index contributed by atoms with van der Waals surface area (Å²) in [6, 6.07) is 20.7. The number of ether oxygens (including phenoxy) is 1. The highest BCUT2D eigenvalue weighted by Crippen LogP contribution is 2.33. The highest BCUT2D eigenvalue weighted by Gasteiger charge is 2.32. The Labute approximate surface area is 208 Å². The lowest BCUT2D eigenvalue weighted by atomic mass is 9.97. The number of carbonyl (C=O) groups excluding carboxylic acids is 1. The summed E-state index contributed by atoms with van der Waals surface area (Å²) in [5.74, 6) is -0.700. The van der Waals surface area contributed by atoms with Gasteiger partial charge in [-0.2, -0.15) is 0 Å². The summed E-state index contributed by atoms with van der Waals surface area (Å²) in [5.41, 5.74) is 2.49. The van der Waals surface area contributed by atoms with Crippen molar-refractivity contribution in [2.45, 2.75) is 24.9 Å². The maximum absolute atomic E-state index is 12.7. The predicted molar refractivity (Wildman–Crippen MR) is 128 cm³/mol. The SMILES string of the molecule is O=C(NC1CCN(C(c2ccc(Cl)cc2)c2ccc(Br)cc2)C1)c1ccc(OC(F)(F)F)cc1. The van der Waals surface area contributed by atoms with Crippen LogP contribution in [-0.2, 0) is 0 Å². The van der Waals surface area contributed by atoms with Gasteiger partial charge in [0, 0.05) is 34.2 Å². The minimum atomic E-state index is -4.77. The lowest BCUT2D eigenvalue weighted by molar-refractivity contribution is -0.274. The van der Waals surface area contributed by atoms with E-state index < -0.39 is 6.36 Å². The van der Waals surface area contributed by atoms with E-state index >= 15 is 0 Å². The average molecular weight is 554 g/mol. The van der Waals surface area contributed by atoms with Crippen LogP contribution in [0.5, 0.6) is 5.75 Å². The van der Waals surface area contributed by atoms with Crippen molar-refractivity contribution in [1.29, 1.82) is 0 Å². The van der Waals surface area contributed by atoms with Crippen molar-refractivity contribution in [2.24, 2.45) is 0 Å². The van der Waals surface area contributed by atoms with Gasteiger partial charge in [-0.25, -0.2) is 0 Å². The van der Waals surface area contributed by atoms with Crippen molar-refractivity contribution >= 4 is 33.4 Å². The van der Waals surface area contributed by atoms with E-state index in [0.29, 0.717) is 11.6 Å². The largest absolute Gasteiger partial charge is 0.573 e. The van der Waals surface area contributed by atoms with E-state index in [2.05, 4.69) is 43.0 Å². The fraction of sp³-hybridized carbons (Fsp3) is 0.240. The molecule has 0 aromatic heterocycles. The first-order valence-corrected chi connectivity index (χ1v) is 11.8. The first-order chi connectivity index (χ1) is 16.2. The van der Waals surface area contributed by atoms with Crippen molar-refractivity contribution in [1.82, 2.24) is 10.2 Å². The van der Waals surface area contributed by atoms with Gasteiger partial charge < -0.3 is 10.1 Å². The van der Waals surface area contributed by atoms with Crippen LogP contribution < -0.4 is 10.1 Å². The van der Waals surface area contributed by atoms with Crippen LogP contribution in [0.4, 0.5) is 13.2 Å². The molecule has 1 amide bonds. The van der Waals surface area contributed by atoms with Gasteiger partial charge in [-0.15, -0.1) is 13.2 Å². The Bertz CT molecular complexity index is 1080. The van der Waals surface area contributed by atoms with Crippen LogP contribution in [-0.4, -0.2) is 36.3 Å². The number of rotatable bonds is 6. The number of alkyl halides is 3. The second-order valence-corrected chi connectivity index (χ2v) is 9.38. The molecule has 2 atom stereocenters. The summed E-state index contributed by atoms with van der Waals surface area (Å²) in [7, 11) is 0. The van der Waals surface area contributed by atoms with Gasteiger partial charge in [0.15, 0.2) is 0 Å². The first kappa shape index (κ1) is 24.6. The maximum Gasteiger partial charge on any atom is 0.573 e. The predicted octanol–water partition coefficient (Wildman–Crippen LogP) is 6.59. The quantitative estimate of drug-likeness (QED) is 0.374. The van der Waals surface area contributed by atoms with Crippen LogP contribution >= 0.6 is 27.5 Å². The number of benzene rings is 3. The molecular formula is C25H21BrClF3N2O2. The third-order valence-electron chi connectivity index (χ3n) is 5.64. The Balaban J connectivity index is 1.45. The maximum atomic E-state index is 12.7. The number of carbonyl (C=O) groups is 1. The summed E-state index contributed by atoms with van der Waals surface area (Å²) in [6.07, 6.45) is -4.02. The van der Waals surface area contributed by atoms with Crippen LogP contribution in [0.1, 0.15) is 33.9 Å². The monoisotopic (exact) mass is 552 g/mol. The molecule has 0 spiro atoms. The zero-order chi connectivity index (χ0) is 24.3. The van der Waals surface area contributed by atoms with E-state index in [0.717, 1.165) is 40.7 Å². The molecule has 3 aromatic carbocycles. The topological polar surface area (TPSA) is 41.6 Å². The molecule has 0 saturated carbocycles. The molecule has 1 aliphatic rings.